The van der Waals surface area contributed by atoms with Crippen molar-refractivity contribution in [2.45, 2.75) is 48.6 Å². The summed E-state index contributed by atoms with van der Waals surface area (Å²) in [5.74, 6) is 1.00. The number of fused-ring (bicyclic) bond motifs is 3. The number of amides is 1. The lowest BCUT2D eigenvalue weighted by atomic mass is 9.87. The average Bonchev–Trinajstić information content (AvgIpc) is 3.78. The summed E-state index contributed by atoms with van der Waals surface area (Å²) >= 11 is 0. The number of hydrogen-bond donors (Lipinski definition) is 2. The number of carbonyl (C=O) groups excluding carboxylic acids is 1. The van der Waals surface area contributed by atoms with Crippen LogP contribution in [0.4, 0.5) is 11.5 Å². The summed E-state index contributed by atoms with van der Waals surface area (Å²) in [5, 5.41) is 12.1. The van der Waals surface area contributed by atoms with Gasteiger partial charge in [0.15, 0.2) is 27.0 Å². The number of nitrogen functional groups attached to an aromatic ring is 1. The lowest BCUT2D eigenvalue weighted by Crippen LogP contribution is -2.46. The van der Waals surface area contributed by atoms with Crippen LogP contribution < -0.4 is 20.1 Å². The number of aromatic nitrogens is 6. The van der Waals surface area contributed by atoms with Gasteiger partial charge in [0, 0.05) is 36.4 Å². The number of rotatable bonds is 7. The number of anilines is 2. The summed E-state index contributed by atoms with van der Waals surface area (Å²) < 4.78 is 38.4. The quantitative estimate of drug-likeness (QED) is 0.304. The molecule has 6 heterocycles. The van der Waals surface area contributed by atoms with Crippen LogP contribution in [-0.2, 0) is 9.84 Å². The summed E-state index contributed by atoms with van der Waals surface area (Å²) in [5.41, 5.74) is 9.64. The van der Waals surface area contributed by atoms with Gasteiger partial charge < -0.3 is 30.0 Å². The van der Waals surface area contributed by atoms with E-state index >= 15 is 0 Å². The molecule has 234 valence electrons. The molecule has 1 aromatic carbocycles. The number of piperidine rings is 1. The van der Waals surface area contributed by atoms with E-state index in [2.05, 4.69) is 25.3 Å². The summed E-state index contributed by atoms with van der Waals surface area (Å²) in [6.45, 7) is 0.464. The highest BCUT2D eigenvalue weighted by atomic mass is 32.2. The summed E-state index contributed by atoms with van der Waals surface area (Å²) in [6, 6.07) is 5.44. The van der Waals surface area contributed by atoms with Crippen LogP contribution in [0.3, 0.4) is 0 Å². The van der Waals surface area contributed by atoms with Gasteiger partial charge in [-0.25, -0.2) is 18.4 Å². The van der Waals surface area contributed by atoms with Gasteiger partial charge >= 0.3 is 0 Å². The Hall–Kier alpha value is -4.99. The molecular weight excluding hydrogens is 600 g/mol. The zero-order valence-corrected chi connectivity index (χ0v) is 25.7. The zero-order valence-electron chi connectivity index (χ0n) is 24.9. The SMILES string of the molecule is COc1ccc(C2=CCN(c3cnn4c(N)c(S(C)(=O)=O)c([C@H]5C[C@H]6CC[C@@H](C5)N6C(=O)c5nnc[nH]5)nc34)C=N2)cc1OC. The smallest absolute Gasteiger partial charge is 0.292 e. The monoisotopic (exact) mass is 632 g/mol. The molecule has 2 fully saturated rings. The van der Waals surface area contributed by atoms with Gasteiger partial charge in [0.1, 0.15) is 22.7 Å². The van der Waals surface area contributed by atoms with E-state index in [9.17, 15) is 13.2 Å². The molecule has 1 amide bonds. The van der Waals surface area contributed by atoms with Crippen LogP contribution in [0.5, 0.6) is 11.5 Å². The van der Waals surface area contributed by atoms with E-state index in [1.807, 2.05) is 34.1 Å². The number of aromatic amines is 1. The predicted molar refractivity (Wildman–Crippen MR) is 165 cm³/mol. The van der Waals surface area contributed by atoms with Gasteiger partial charge in [0.25, 0.3) is 5.91 Å². The molecule has 15 nitrogen and oxygen atoms in total. The largest absolute Gasteiger partial charge is 0.493 e. The molecule has 3 atom stereocenters. The van der Waals surface area contributed by atoms with E-state index in [4.69, 9.17) is 20.2 Å². The second-order valence-electron chi connectivity index (χ2n) is 11.4. The molecular formula is C29H32N10O5S. The molecule has 16 heteroatoms. The molecule has 3 N–H and O–H groups in total. The second kappa shape index (κ2) is 10.9. The Morgan fingerprint density at radius 3 is 2.49 bits per heavy atom. The Morgan fingerprint density at radius 2 is 1.87 bits per heavy atom. The first-order valence-electron chi connectivity index (χ1n) is 14.5. The van der Waals surface area contributed by atoms with Crippen LogP contribution in [-0.4, -0.2) is 94.4 Å². The van der Waals surface area contributed by atoms with Crippen molar-refractivity contribution in [3.05, 3.63) is 53.9 Å². The van der Waals surface area contributed by atoms with Gasteiger partial charge in [0.05, 0.1) is 38.1 Å². The Bertz CT molecular complexity index is 1960. The fourth-order valence-corrected chi connectivity index (χ4v) is 7.85. The van der Waals surface area contributed by atoms with Gasteiger partial charge in [-0.15, -0.1) is 10.2 Å². The Labute approximate surface area is 258 Å². The standard InChI is InChI=1S/C29H32N10O5S/c1-43-22-7-4-16(12-23(22)44-2)20-8-9-37(15-32-20)21-13-34-39-26(30)25(45(3,41)42)24(35-28(21)39)17-10-18-5-6-19(11-17)38(18)29(40)27-31-14-33-36-27/h4,7-8,12-15,17-19H,5-6,9-11,30H2,1-3H3,(H,31,33,36)/t17-,18+,19-. The fourth-order valence-electron chi connectivity index (χ4n) is 6.79. The molecule has 0 spiro atoms. The van der Waals surface area contributed by atoms with E-state index in [0.29, 0.717) is 47.9 Å². The number of hydrogen-bond acceptors (Lipinski definition) is 12. The lowest BCUT2D eigenvalue weighted by Gasteiger charge is -2.38. The molecule has 45 heavy (non-hydrogen) atoms. The van der Waals surface area contributed by atoms with Gasteiger partial charge in [0.2, 0.25) is 5.82 Å². The average molecular weight is 633 g/mol. The molecule has 0 saturated carbocycles. The van der Waals surface area contributed by atoms with E-state index in [-0.39, 0.29) is 40.4 Å². The molecule has 7 rings (SSSR count). The zero-order chi connectivity index (χ0) is 31.5. The van der Waals surface area contributed by atoms with Gasteiger partial charge in [-0.2, -0.15) is 9.61 Å². The first-order chi connectivity index (χ1) is 21.7. The van der Waals surface area contributed by atoms with Crippen molar-refractivity contribution in [1.82, 2.24) is 34.7 Å². The van der Waals surface area contributed by atoms with E-state index in [0.717, 1.165) is 30.4 Å². The van der Waals surface area contributed by atoms with Crippen LogP contribution in [0, 0.1) is 0 Å². The molecule has 0 radical (unpaired) electrons. The number of H-pyrrole nitrogens is 1. The number of methoxy groups -OCH3 is 2. The van der Waals surface area contributed by atoms with E-state index in [1.165, 1.54) is 10.8 Å². The minimum Gasteiger partial charge on any atom is -0.493 e. The number of nitrogens with zero attached hydrogens (tertiary/aromatic N) is 8. The van der Waals surface area contributed by atoms with Crippen molar-refractivity contribution < 1.29 is 22.7 Å². The number of sulfone groups is 1. The maximum absolute atomic E-state index is 13.2. The van der Waals surface area contributed by atoms with Crippen LogP contribution in [0.15, 0.2) is 46.7 Å². The van der Waals surface area contributed by atoms with Crippen LogP contribution in [0.1, 0.15) is 53.5 Å². The molecule has 3 aromatic heterocycles. The van der Waals surface area contributed by atoms with Crippen LogP contribution >= 0.6 is 0 Å². The van der Waals surface area contributed by atoms with E-state index < -0.39 is 9.84 Å². The molecule has 2 bridgehead atoms. The highest BCUT2D eigenvalue weighted by Crippen LogP contribution is 2.45. The Kier molecular flexibility index (Phi) is 6.95. The van der Waals surface area contributed by atoms with Gasteiger partial charge in [-0.3, -0.25) is 4.79 Å². The van der Waals surface area contributed by atoms with Crippen molar-refractivity contribution >= 4 is 44.9 Å². The van der Waals surface area contributed by atoms with Crippen molar-refractivity contribution in [3.8, 4) is 11.5 Å². The highest BCUT2D eigenvalue weighted by Gasteiger charge is 2.46. The fraction of sp³-hybridized carbons (Fsp3) is 0.379. The second-order valence-corrected chi connectivity index (χ2v) is 13.4. The molecule has 3 aliphatic rings. The normalized spacial score (nSPS) is 21.3. The van der Waals surface area contributed by atoms with Gasteiger partial charge in [-0.1, -0.05) is 0 Å². The third-order valence-electron chi connectivity index (χ3n) is 8.80. The summed E-state index contributed by atoms with van der Waals surface area (Å²) in [4.78, 5) is 29.3. The number of nitrogens with one attached hydrogen (secondary N) is 1. The maximum atomic E-state index is 13.2. The van der Waals surface area contributed by atoms with Crippen LogP contribution in [0.2, 0.25) is 0 Å². The maximum Gasteiger partial charge on any atom is 0.292 e. The van der Waals surface area contributed by atoms with Crippen LogP contribution in [0.25, 0.3) is 11.3 Å². The number of aliphatic imine (C=N–C) groups is 1. The van der Waals surface area contributed by atoms with Gasteiger partial charge in [-0.05, 0) is 50.0 Å². The van der Waals surface area contributed by atoms with Crippen molar-refractivity contribution in [3.63, 3.8) is 0 Å². The Morgan fingerprint density at radius 1 is 1.11 bits per heavy atom. The number of carbonyl (C=O) groups is 1. The lowest BCUT2D eigenvalue weighted by molar-refractivity contribution is 0.0556. The Balaban J connectivity index is 1.21. The molecule has 4 aromatic rings. The summed E-state index contributed by atoms with van der Waals surface area (Å²) in [7, 11) is -0.598. The first-order valence-corrected chi connectivity index (χ1v) is 16.4. The van der Waals surface area contributed by atoms with Crippen molar-refractivity contribution in [2.75, 3.05) is 37.7 Å². The third-order valence-corrected chi connectivity index (χ3v) is 9.96. The topological polar surface area (TPSA) is 186 Å². The van der Waals surface area contributed by atoms with E-state index in [1.54, 1.807) is 26.8 Å². The predicted octanol–water partition coefficient (Wildman–Crippen LogP) is 2.29. The minimum absolute atomic E-state index is 0.00627. The molecule has 3 aliphatic heterocycles. The number of ether oxygens (including phenoxy) is 2. The minimum atomic E-state index is -3.77. The third kappa shape index (κ3) is 4.85. The molecule has 2 saturated heterocycles. The first kappa shape index (κ1) is 28.8. The molecule has 0 unspecified atom stereocenters. The molecule has 0 aliphatic carbocycles. The summed E-state index contributed by atoms with van der Waals surface area (Å²) in [6.07, 6.45) is 10.5. The highest BCUT2D eigenvalue weighted by molar-refractivity contribution is 7.91. The van der Waals surface area contributed by atoms with Crippen molar-refractivity contribution in [1.29, 1.82) is 0 Å². The number of benzene rings is 1. The number of nitrogens with two attached hydrogens (primary N) is 1. The van der Waals surface area contributed by atoms with Crippen molar-refractivity contribution in [2.24, 2.45) is 4.99 Å².